The normalized spacial score (nSPS) is 15.7. The lowest BCUT2D eigenvalue weighted by molar-refractivity contribution is 0.0320. The molecular weight excluding hydrogens is 425 g/mol. The van der Waals surface area contributed by atoms with Crippen LogP contribution in [0, 0.1) is 0 Å². The van der Waals surface area contributed by atoms with Crippen molar-refractivity contribution in [2.45, 2.75) is 91.6 Å². The van der Waals surface area contributed by atoms with Gasteiger partial charge >= 0.3 is 9.05 Å². The Labute approximate surface area is 173 Å². The number of rotatable bonds is 12. The Kier molecular flexibility index (Phi) is 9.84. The Balaban J connectivity index is 6.09. The minimum atomic E-state index is -3.34. The van der Waals surface area contributed by atoms with Crippen molar-refractivity contribution >= 4 is 42.3 Å². The van der Waals surface area contributed by atoms with E-state index in [1.54, 1.807) is 0 Å². The first kappa shape index (κ1) is 27.6. The summed E-state index contributed by atoms with van der Waals surface area (Å²) in [5.41, 5.74) is 0.704. The van der Waals surface area contributed by atoms with Gasteiger partial charge in [0.2, 0.25) is 8.32 Å². The lowest BCUT2D eigenvalue weighted by atomic mass is 10.4. The molecule has 10 heteroatoms. The Hall–Kier alpha value is 0.624. The maximum absolute atomic E-state index is 6.70. The van der Waals surface area contributed by atoms with E-state index in [-0.39, 0.29) is 5.73 Å². The molecule has 27 heavy (non-hydrogen) atoms. The van der Waals surface area contributed by atoms with Crippen molar-refractivity contribution in [2.24, 2.45) is 0 Å². The smallest absolute Gasteiger partial charge is 0.454 e. The SMILES string of the molecule is C=C(C)C(O[Si](OCC)(O[Si](C)(C)C)O[Si](C)(C)C)[Si](C)(C)O[Si](C)(C)C. The third-order valence-corrected chi connectivity index (χ3v) is 17.8. The van der Waals surface area contributed by atoms with Crippen molar-refractivity contribution < 1.29 is 21.2 Å². The Morgan fingerprint density at radius 1 is 0.741 bits per heavy atom. The standard InChI is InChI=1S/C17H44O5Si5/c1-15-18-27(21-24(7,8)9,22-25(10,11)12)19-17(16(2)3)26(13,14)20-23(4,5)6/h17H,2,15H2,1,3-14H3. The molecule has 0 aromatic rings. The molecule has 162 valence electrons. The lowest BCUT2D eigenvalue weighted by Gasteiger charge is -2.44. The fourth-order valence-corrected chi connectivity index (χ4v) is 20.7. The van der Waals surface area contributed by atoms with Crippen LogP contribution in [0.5, 0.6) is 0 Å². The highest BCUT2D eigenvalue weighted by Gasteiger charge is 2.55. The summed E-state index contributed by atoms with van der Waals surface area (Å²) in [4.78, 5) is 0. The summed E-state index contributed by atoms with van der Waals surface area (Å²) in [6, 6.07) is 0. The summed E-state index contributed by atoms with van der Waals surface area (Å²) in [5.74, 6) is 0. The molecule has 5 nitrogen and oxygen atoms in total. The molecule has 0 aromatic heterocycles. The molecule has 0 aliphatic rings. The molecule has 0 spiro atoms. The molecule has 0 aliphatic heterocycles. The minimum Gasteiger partial charge on any atom is -0.454 e. The van der Waals surface area contributed by atoms with Crippen LogP contribution in [0.15, 0.2) is 12.2 Å². The van der Waals surface area contributed by atoms with Crippen LogP contribution in [0.3, 0.4) is 0 Å². The summed E-state index contributed by atoms with van der Waals surface area (Å²) in [7, 11) is -11.3. The molecule has 0 bridgehead atoms. The van der Waals surface area contributed by atoms with Crippen LogP contribution in [-0.2, 0) is 21.2 Å². The maximum Gasteiger partial charge on any atom is 0.658 e. The molecule has 0 fully saturated rings. The first-order valence-electron chi connectivity index (χ1n) is 9.80. The van der Waals surface area contributed by atoms with Crippen molar-refractivity contribution in [3.63, 3.8) is 0 Å². The Bertz CT molecular complexity index is 475. The van der Waals surface area contributed by atoms with Gasteiger partial charge in [0, 0.05) is 6.61 Å². The van der Waals surface area contributed by atoms with Gasteiger partial charge < -0.3 is 21.2 Å². The van der Waals surface area contributed by atoms with E-state index >= 15 is 0 Å². The molecule has 0 aromatic carbocycles. The molecule has 0 rings (SSSR count). The Morgan fingerprint density at radius 3 is 1.37 bits per heavy atom. The number of hydrogen-bond acceptors (Lipinski definition) is 5. The van der Waals surface area contributed by atoms with Crippen LogP contribution >= 0.6 is 0 Å². The van der Waals surface area contributed by atoms with Gasteiger partial charge in [-0.1, -0.05) is 12.2 Å². The summed E-state index contributed by atoms with van der Waals surface area (Å²) in [6.45, 7) is 32.5. The molecule has 0 saturated heterocycles. The van der Waals surface area contributed by atoms with Gasteiger partial charge in [0.05, 0.1) is 5.73 Å². The fourth-order valence-electron chi connectivity index (χ4n) is 2.91. The van der Waals surface area contributed by atoms with E-state index < -0.39 is 42.3 Å². The summed E-state index contributed by atoms with van der Waals surface area (Å²) >= 11 is 0. The van der Waals surface area contributed by atoms with Crippen LogP contribution in [-0.4, -0.2) is 54.7 Å². The summed E-state index contributed by atoms with van der Waals surface area (Å²) < 4.78 is 32.5. The van der Waals surface area contributed by atoms with E-state index in [0.29, 0.717) is 6.61 Å². The second-order valence-electron chi connectivity index (χ2n) is 10.5. The fraction of sp³-hybridized carbons (Fsp3) is 0.882. The average Bonchev–Trinajstić information content (AvgIpc) is 2.28. The van der Waals surface area contributed by atoms with Crippen LogP contribution in [0.25, 0.3) is 0 Å². The van der Waals surface area contributed by atoms with E-state index in [1.165, 1.54) is 0 Å². The molecule has 0 amide bonds. The summed E-state index contributed by atoms with van der Waals surface area (Å²) in [6.07, 6.45) is 0. The van der Waals surface area contributed by atoms with Crippen molar-refractivity contribution in [3.05, 3.63) is 12.2 Å². The van der Waals surface area contributed by atoms with Crippen LogP contribution < -0.4 is 0 Å². The number of hydrogen-bond donors (Lipinski definition) is 0. The predicted molar refractivity (Wildman–Crippen MR) is 128 cm³/mol. The monoisotopic (exact) mass is 468 g/mol. The van der Waals surface area contributed by atoms with Gasteiger partial charge in [0.25, 0.3) is 0 Å². The summed E-state index contributed by atoms with van der Waals surface area (Å²) in [5, 5.41) is 0. The van der Waals surface area contributed by atoms with Gasteiger partial charge in [-0.15, -0.1) is 0 Å². The van der Waals surface area contributed by atoms with Crippen molar-refractivity contribution in [2.75, 3.05) is 6.61 Å². The van der Waals surface area contributed by atoms with E-state index in [4.69, 9.17) is 21.2 Å². The van der Waals surface area contributed by atoms with E-state index in [9.17, 15) is 0 Å². The topological polar surface area (TPSA) is 46.2 Å². The zero-order chi connectivity index (χ0) is 21.9. The highest BCUT2D eigenvalue weighted by Crippen LogP contribution is 2.31. The molecule has 1 unspecified atom stereocenters. The van der Waals surface area contributed by atoms with Crippen molar-refractivity contribution in [1.82, 2.24) is 0 Å². The van der Waals surface area contributed by atoms with Gasteiger partial charge in [-0.05, 0) is 85.9 Å². The molecule has 0 saturated carbocycles. The first-order valence-corrected chi connectivity index (χ1v) is 24.6. The minimum absolute atomic E-state index is 0.241. The highest BCUT2D eigenvalue weighted by molar-refractivity contribution is 6.87. The van der Waals surface area contributed by atoms with E-state index in [1.807, 2.05) is 13.8 Å². The predicted octanol–water partition coefficient (Wildman–Crippen LogP) is 5.72. The van der Waals surface area contributed by atoms with Crippen LogP contribution in [0.4, 0.5) is 0 Å². The molecular formula is C17H44O5Si5. The zero-order valence-electron chi connectivity index (χ0n) is 20.0. The van der Waals surface area contributed by atoms with E-state index in [0.717, 1.165) is 5.57 Å². The largest absolute Gasteiger partial charge is 0.658 e. The van der Waals surface area contributed by atoms with Gasteiger partial charge in [-0.2, -0.15) is 0 Å². The third-order valence-electron chi connectivity index (χ3n) is 3.09. The average molecular weight is 469 g/mol. The van der Waals surface area contributed by atoms with Crippen molar-refractivity contribution in [3.8, 4) is 0 Å². The van der Waals surface area contributed by atoms with Crippen LogP contribution in [0.2, 0.25) is 72.0 Å². The molecule has 0 heterocycles. The quantitative estimate of drug-likeness (QED) is 0.271. The third kappa shape index (κ3) is 11.4. The second-order valence-corrected chi connectivity index (χ2v) is 30.9. The first-order chi connectivity index (χ1) is 11.7. The molecule has 0 aliphatic carbocycles. The molecule has 0 radical (unpaired) electrons. The lowest BCUT2D eigenvalue weighted by Crippen LogP contribution is -2.64. The van der Waals surface area contributed by atoms with Gasteiger partial charge in [-0.3, -0.25) is 0 Å². The zero-order valence-corrected chi connectivity index (χ0v) is 25.0. The maximum atomic E-state index is 6.70. The molecule has 0 N–H and O–H groups in total. The van der Waals surface area contributed by atoms with Crippen LogP contribution in [0.1, 0.15) is 13.8 Å². The van der Waals surface area contributed by atoms with Gasteiger partial charge in [0.15, 0.2) is 25.0 Å². The Morgan fingerprint density at radius 2 is 1.11 bits per heavy atom. The molecule has 1 atom stereocenters. The highest BCUT2D eigenvalue weighted by atomic mass is 28.5. The van der Waals surface area contributed by atoms with E-state index in [2.05, 4.69) is 78.6 Å². The van der Waals surface area contributed by atoms with Crippen molar-refractivity contribution in [1.29, 1.82) is 0 Å². The van der Waals surface area contributed by atoms with Gasteiger partial charge in [-0.25, -0.2) is 0 Å². The second kappa shape index (κ2) is 9.62. The van der Waals surface area contributed by atoms with Gasteiger partial charge in [0.1, 0.15) is 0 Å².